The van der Waals surface area contributed by atoms with Gasteiger partial charge < -0.3 is 24.6 Å². The van der Waals surface area contributed by atoms with Crippen LogP contribution < -0.4 is 15.1 Å². The molecule has 62 heavy (non-hydrogen) atoms. The van der Waals surface area contributed by atoms with E-state index in [0.717, 1.165) is 112 Å². The van der Waals surface area contributed by atoms with E-state index in [4.69, 9.17) is 9.97 Å². The number of amides is 3. The van der Waals surface area contributed by atoms with Crippen LogP contribution >= 0.6 is 0 Å². The summed E-state index contributed by atoms with van der Waals surface area (Å²) in [6.45, 7) is 15.5. The molecular formula is C48H61FN10O3. The zero-order valence-electron chi connectivity index (χ0n) is 36.3. The van der Waals surface area contributed by atoms with Crippen molar-refractivity contribution in [2.24, 2.45) is 11.8 Å². The Bertz CT molecular complexity index is 2290. The molecule has 0 spiro atoms. The van der Waals surface area contributed by atoms with Crippen LogP contribution in [0.5, 0.6) is 0 Å². The quantitative estimate of drug-likeness (QED) is 0.207. The number of imide groups is 1. The van der Waals surface area contributed by atoms with Crippen molar-refractivity contribution in [1.82, 2.24) is 39.9 Å². The monoisotopic (exact) mass is 844 g/mol. The fraction of sp³-hybridized carbons (Fsp3) is 0.562. The highest BCUT2D eigenvalue weighted by atomic mass is 19.1. The van der Waals surface area contributed by atoms with Crippen molar-refractivity contribution >= 4 is 40.3 Å². The molecule has 4 fully saturated rings. The molecule has 8 heterocycles. The van der Waals surface area contributed by atoms with E-state index in [1.165, 1.54) is 43.4 Å². The number of fused-ring (bicyclic) bond motifs is 4. The molecule has 6 aliphatic heterocycles. The van der Waals surface area contributed by atoms with E-state index in [2.05, 4.69) is 65.1 Å². The van der Waals surface area contributed by atoms with Gasteiger partial charge >= 0.3 is 0 Å². The Morgan fingerprint density at radius 1 is 0.774 bits per heavy atom. The molecular weight excluding hydrogens is 784 g/mol. The first-order chi connectivity index (χ1) is 30.0. The van der Waals surface area contributed by atoms with E-state index in [-0.39, 0.29) is 30.2 Å². The Labute approximate surface area is 364 Å². The number of hydrogen-bond donors (Lipinski definition) is 2. The number of aromatic amines is 1. The van der Waals surface area contributed by atoms with Crippen LogP contribution in [0.15, 0.2) is 54.9 Å². The second-order valence-electron chi connectivity index (χ2n) is 19.4. The Hall–Kier alpha value is -4.92. The molecule has 4 aromatic rings. The summed E-state index contributed by atoms with van der Waals surface area (Å²) < 4.78 is 15.1. The summed E-state index contributed by atoms with van der Waals surface area (Å²) >= 11 is 0. The van der Waals surface area contributed by atoms with Gasteiger partial charge in [0.05, 0.1) is 6.04 Å². The lowest BCUT2D eigenvalue weighted by molar-refractivity contribution is -0.136. The maximum Gasteiger partial charge on any atom is 0.255 e. The van der Waals surface area contributed by atoms with Crippen LogP contribution in [0.25, 0.3) is 10.9 Å². The molecule has 4 saturated heterocycles. The van der Waals surface area contributed by atoms with Crippen molar-refractivity contribution in [3.8, 4) is 0 Å². The zero-order chi connectivity index (χ0) is 42.5. The van der Waals surface area contributed by atoms with Gasteiger partial charge in [0.25, 0.3) is 5.91 Å². The predicted molar refractivity (Wildman–Crippen MR) is 238 cm³/mol. The van der Waals surface area contributed by atoms with Crippen LogP contribution in [0.3, 0.4) is 0 Å². The molecule has 328 valence electrons. The first-order valence-electron chi connectivity index (χ1n) is 23.1. The largest absolute Gasteiger partial charge is 0.369 e. The number of para-hydroxylation sites is 1. The third-order valence-corrected chi connectivity index (χ3v) is 14.6. The van der Waals surface area contributed by atoms with Crippen molar-refractivity contribution in [3.63, 3.8) is 0 Å². The average Bonchev–Trinajstić information content (AvgIpc) is 3.81. The predicted octanol–water partition coefficient (Wildman–Crippen LogP) is 5.17. The maximum absolute atomic E-state index is 15.1. The molecule has 2 N–H and O–H groups in total. The molecule has 14 heteroatoms. The summed E-state index contributed by atoms with van der Waals surface area (Å²) in [5.41, 5.74) is 6.04. The van der Waals surface area contributed by atoms with Crippen molar-refractivity contribution in [2.75, 3.05) is 88.3 Å². The Kier molecular flexibility index (Phi) is 11.3. The van der Waals surface area contributed by atoms with Gasteiger partial charge in [-0.25, -0.2) is 14.4 Å². The highest BCUT2D eigenvalue weighted by Gasteiger charge is 2.40. The van der Waals surface area contributed by atoms with Gasteiger partial charge in [-0.3, -0.25) is 29.5 Å². The number of alkyl halides is 1. The normalized spacial score (nSPS) is 23.9. The molecule has 6 aliphatic rings. The minimum atomic E-state index is -1.31. The molecule has 0 saturated carbocycles. The summed E-state index contributed by atoms with van der Waals surface area (Å²) in [7, 11) is 0. The number of aromatic nitrogens is 3. The number of carbonyl (C=O) groups is 3. The summed E-state index contributed by atoms with van der Waals surface area (Å²) in [6, 6.07) is 13.8. The number of hydrogen-bond acceptors (Lipinski definition) is 10. The van der Waals surface area contributed by atoms with E-state index in [0.29, 0.717) is 31.0 Å². The van der Waals surface area contributed by atoms with Crippen molar-refractivity contribution < 1.29 is 18.8 Å². The van der Waals surface area contributed by atoms with Crippen LogP contribution in [0.4, 0.5) is 16.0 Å². The lowest BCUT2D eigenvalue weighted by atomic mass is 9.92. The number of anilines is 2. The number of rotatable bonds is 10. The number of likely N-dealkylation sites (tertiary alicyclic amines) is 1. The van der Waals surface area contributed by atoms with Crippen LogP contribution in [-0.2, 0) is 22.6 Å². The van der Waals surface area contributed by atoms with Gasteiger partial charge in [-0.15, -0.1) is 0 Å². The van der Waals surface area contributed by atoms with Gasteiger partial charge in [0, 0.05) is 124 Å². The minimum absolute atomic E-state index is 0.115. The van der Waals surface area contributed by atoms with Gasteiger partial charge in [0.2, 0.25) is 17.8 Å². The van der Waals surface area contributed by atoms with Crippen LogP contribution in [-0.4, -0.2) is 143 Å². The SMILES string of the molecule is CC(C)(F)CN1CCc2c([nH]c3ccccc23)[C@H]1c1cnc(N2CCC(CN3CCC(CN4CCN(c5ccc6c(c5)CN(C5CCC(=O)NC5=O)C6=O)CC4)CC3)CC2)nc1. The maximum atomic E-state index is 15.1. The number of nitrogens with one attached hydrogen (secondary N) is 2. The summed E-state index contributed by atoms with van der Waals surface area (Å²) in [5.74, 6) is 1.46. The van der Waals surface area contributed by atoms with Crippen LogP contribution in [0, 0.1) is 11.8 Å². The third-order valence-electron chi connectivity index (χ3n) is 14.6. The third kappa shape index (κ3) is 8.45. The second-order valence-corrected chi connectivity index (χ2v) is 19.4. The fourth-order valence-electron chi connectivity index (χ4n) is 11.3. The van der Waals surface area contributed by atoms with Crippen molar-refractivity contribution in [3.05, 3.63) is 82.8 Å². The van der Waals surface area contributed by atoms with Gasteiger partial charge in [-0.2, -0.15) is 0 Å². The Morgan fingerprint density at radius 2 is 1.47 bits per heavy atom. The van der Waals surface area contributed by atoms with Gasteiger partial charge in [-0.05, 0) is 113 Å². The van der Waals surface area contributed by atoms with Gasteiger partial charge in [0.15, 0.2) is 0 Å². The molecule has 2 aromatic carbocycles. The molecule has 13 nitrogen and oxygen atoms in total. The Morgan fingerprint density at radius 3 is 2.18 bits per heavy atom. The van der Waals surface area contributed by atoms with Gasteiger partial charge in [0.1, 0.15) is 11.7 Å². The number of halogens is 1. The Balaban J connectivity index is 0.666. The minimum Gasteiger partial charge on any atom is -0.369 e. The number of carbonyl (C=O) groups excluding carboxylic acids is 3. The fourth-order valence-corrected chi connectivity index (χ4v) is 11.3. The first-order valence-corrected chi connectivity index (χ1v) is 23.1. The lowest BCUT2D eigenvalue weighted by Crippen LogP contribution is -2.52. The van der Waals surface area contributed by atoms with Crippen LogP contribution in [0.1, 0.15) is 91.2 Å². The number of H-pyrrole nitrogens is 1. The van der Waals surface area contributed by atoms with Gasteiger partial charge in [-0.1, -0.05) is 18.2 Å². The number of benzene rings is 2. The van der Waals surface area contributed by atoms with Crippen molar-refractivity contribution in [2.45, 2.75) is 83.1 Å². The topological polar surface area (TPSA) is 124 Å². The van der Waals surface area contributed by atoms with E-state index in [1.807, 2.05) is 24.5 Å². The molecule has 0 aliphatic carbocycles. The molecule has 1 unspecified atom stereocenters. The highest BCUT2D eigenvalue weighted by Crippen LogP contribution is 2.39. The number of piperazine rings is 1. The summed E-state index contributed by atoms with van der Waals surface area (Å²) in [6.07, 6.45) is 10.3. The van der Waals surface area contributed by atoms with Crippen LogP contribution in [0.2, 0.25) is 0 Å². The average molecular weight is 845 g/mol. The molecule has 0 bridgehead atoms. The van der Waals surface area contributed by atoms with E-state index >= 15 is 4.39 Å². The lowest BCUT2D eigenvalue weighted by Gasteiger charge is -2.41. The van der Waals surface area contributed by atoms with E-state index < -0.39 is 11.7 Å². The second kappa shape index (κ2) is 17.0. The van der Waals surface area contributed by atoms with Crippen molar-refractivity contribution in [1.29, 1.82) is 0 Å². The standard InChI is InChI=1S/C48H61FN10O3/c1-48(2,49)31-58-20-15-39-38-5-3-4-6-40(38)52-43(39)44(58)35-26-50-47(51-27-35)57-18-13-33(14-19-57)28-54-16-11-32(12-17-54)29-55-21-23-56(24-22-55)36-7-8-37-34(25-36)30-59(46(37)62)41-9-10-42(60)53-45(41)61/h3-8,25-27,32-33,41,44,52H,9-24,28-31H2,1-2H3,(H,53,60,61)/t41?,44-/m1/s1. The molecule has 2 atom stereocenters. The zero-order valence-corrected chi connectivity index (χ0v) is 36.3. The highest BCUT2D eigenvalue weighted by molar-refractivity contribution is 6.05. The summed E-state index contributed by atoms with van der Waals surface area (Å²) in [4.78, 5) is 64.8. The smallest absolute Gasteiger partial charge is 0.255 e. The number of piperidine rings is 3. The summed E-state index contributed by atoms with van der Waals surface area (Å²) in [5, 5.41) is 3.64. The first kappa shape index (κ1) is 41.1. The van der Waals surface area contributed by atoms with E-state index in [9.17, 15) is 14.4 Å². The molecule has 3 amide bonds. The van der Waals surface area contributed by atoms with E-state index in [1.54, 1.807) is 18.7 Å². The molecule has 10 rings (SSSR count). The number of nitrogens with zero attached hydrogens (tertiary/aromatic N) is 8. The molecule has 0 radical (unpaired) electrons. The molecule has 2 aromatic heterocycles.